The molecule has 0 bridgehead atoms. The summed E-state index contributed by atoms with van der Waals surface area (Å²) in [5, 5.41) is 14.2. The van der Waals surface area contributed by atoms with E-state index in [2.05, 4.69) is 10.6 Å². The molecule has 0 unspecified atom stereocenters. The number of amides is 3. The van der Waals surface area contributed by atoms with Crippen LogP contribution in [0.4, 0.5) is 11.4 Å². The molecule has 1 rings (SSSR count). The first-order valence-electron chi connectivity index (χ1n) is 7.12. The van der Waals surface area contributed by atoms with Crippen molar-refractivity contribution in [3.8, 4) is 0 Å². The first kappa shape index (κ1) is 24.0. The lowest BCUT2D eigenvalue weighted by molar-refractivity contribution is -0.137. The number of benzene rings is 1. The fourth-order valence-corrected chi connectivity index (χ4v) is 6.19. The van der Waals surface area contributed by atoms with E-state index in [9.17, 15) is 24.0 Å². The molecule has 0 heterocycles. The number of carbonyl (C=O) groups excluding carboxylic acids is 4. The van der Waals surface area contributed by atoms with Crippen molar-refractivity contribution in [3.05, 3.63) is 16.3 Å². The fourth-order valence-electron chi connectivity index (χ4n) is 2.02. The highest BCUT2D eigenvalue weighted by Crippen LogP contribution is 2.39. The van der Waals surface area contributed by atoms with Gasteiger partial charge in [0.05, 0.1) is 34.2 Å². The first-order chi connectivity index (χ1) is 12.5. The normalized spacial score (nSPS) is 10.1. The van der Waals surface area contributed by atoms with Gasteiger partial charge in [0.15, 0.2) is 0 Å². The van der Waals surface area contributed by atoms with E-state index in [1.54, 1.807) is 0 Å². The van der Waals surface area contributed by atoms with Gasteiger partial charge in [-0.15, -0.1) is 0 Å². The average molecular weight is 712 g/mol. The van der Waals surface area contributed by atoms with Gasteiger partial charge in [-0.3, -0.25) is 24.0 Å². The number of anilines is 2. The molecule has 0 aliphatic heterocycles. The molecule has 1 aromatic rings. The van der Waals surface area contributed by atoms with E-state index in [-0.39, 0.29) is 17.4 Å². The van der Waals surface area contributed by atoms with Crippen molar-refractivity contribution in [2.24, 2.45) is 0 Å². The summed E-state index contributed by atoms with van der Waals surface area (Å²) in [5.41, 5.74) is 0.684. The van der Waals surface area contributed by atoms with Gasteiger partial charge in [0.2, 0.25) is 18.1 Å². The maximum absolute atomic E-state index is 12.9. The van der Waals surface area contributed by atoms with E-state index >= 15 is 0 Å². The van der Waals surface area contributed by atoms with Gasteiger partial charge in [0.1, 0.15) is 6.54 Å². The van der Waals surface area contributed by atoms with Gasteiger partial charge >= 0.3 is 5.97 Å². The molecule has 145 valence electrons. The Morgan fingerprint density at radius 1 is 0.963 bits per heavy atom. The van der Waals surface area contributed by atoms with Crippen molar-refractivity contribution in [1.82, 2.24) is 4.90 Å². The Labute approximate surface area is 195 Å². The Morgan fingerprint density at radius 2 is 1.41 bits per heavy atom. The van der Waals surface area contributed by atoms with Crippen molar-refractivity contribution >= 4 is 109 Å². The highest BCUT2D eigenvalue weighted by Gasteiger charge is 2.29. The molecular formula is C15H13I3N3O6. The molecule has 0 spiro atoms. The van der Waals surface area contributed by atoms with Crippen LogP contribution >= 0.6 is 67.8 Å². The molecule has 0 fully saturated rings. The Balaban J connectivity index is 3.70. The number of nitrogens with one attached hydrogen (secondary N) is 2. The Bertz CT molecular complexity index is 785. The lowest BCUT2D eigenvalue weighted by Crippen LogP contribution is -2.38. The molecule has 9 nitrogen and oxygen atoms in total. The number of carboxylic acids is 1. The van der Waals surface area contributed by atoms with E-state index in [4.69, 9.17) is 5.11 Å². The van der Waals surface area contributed by atoms with E-state index in [1.807, 2.05) is 67.8 Å². The zero-order valence-electron chi connectivity index (χ0n) is 14.0. The molecule has 0 atom stereocenters. The van der Waals surface area contributed by atoms with Gasteiger partial charge in [-0.1, -0.05) is 0 Å². The highest BCUT2D eigenvalue weighted by molar-refractivity contribution is 14.1. The molecule has 3 N–H and O–H groups in total. The number of hydrogen-bond donors (Lipinski definition) is 3. The topological polar surface area (TPSA) is 133 Å². The molecule has 3 amide bonds. The van der Waals surface area contributed by atoms with Gasteiger partial charge in [-0.2, -0.15) is 0 Å². The average Bonchev–Trinajstić information content (AvgIpc) is 2.54. The predicted molar refractivity (Wildman–Crippen MR) is 122 cm³/mol. The van der Waals surface area contributed by atoms with Crippen LogP contribution in [0.15, 0.2) is 0 Å². The third kappa shape index (κ3) is 6.23. The zero-order valence-corrected chi connectivity index (χ0v) is 20.5. The monoisotopic (exact) mass is 712 g/mol. The lowest BCUT2D eigenvalue weighted by atomic mass is 10.1. The van der Waals surface area contributed by atoms with E-state index < -0.39 is 25.0 Å². The van der Waals surface area contributed by atoms with Gasteiger partial charge < -0.3 is 20.6 Å². The van der Waals surface area contributed by atoms with Crippen LogP contribution in [-0.4, -0.2) is 53.1 Å². The van der Waals surface area contributed by atoms with E-state index in [1.165, 1.54) is 20.1 Å². The minimum Gasteiger partial charge on any atom is -0.480 e. The van der Waals surface area contributed by atoms with Crippen LogP contribution in [0.3, 0.4) is 0 Å². The van der Waals surface area contributed by atoms with Crippen LogP contribution in [0.5, 0.6) is 0 Å². The molecule has 0 aromatic heterocycles. The maximum Gasteiger partial charge on any atom is 0.323 e. The van der Waals surface area contributed by atoms with Crippen LogP contribution in [-0.2, 0) is 19.2 Å². The highest BCUT2D eigenvalue weighted by atomic mass is 127. The minimum absolute atomic E-state index is 0.0700. The Kier molecular flexibility index (Phi) is 9.32. The SMILES string of the molecule is CC(=O)Nc1c(I)c(NC(C)=O)c(I)c(C(=O)N(C[C]=O)CC(=O)O)c1I. The second kappa shape index (κ2) is 10.5. The fraction of sp³-hybridized carbons (Fsp3) is 0.267. The standard InChI is InChI=1S/C15H13I3N3O6/c1-6(23)19-13-10(16)9(11(17)14(12(13)18)20-7(2)24)15(27)21(3-4-22)5-8(25)26/h3,5H2,1-2H3,(H,19,23)(H,20,24)(H,25,26). The van der Waals surface area contributed by atoms with Crippen molar-refractivity contribution < 1.29 is 29.1 Å². The number of carbonyl (C=O) groups is 4. The second-order valence-electron chi connectivity index (χ2n) is 5.13. The van der Waals surface area contributed by atoms with Crippen molar-refractivity contribution in [3.63, 3.8) is 0 Å². The first-order valence-corrected chi connectivity index (χ1v) is 10.4. The summed E-state index contributed by atoms with van der Waals surface area (Å²) in [7, 11) is 0. The smallest absolute Gasteiger partial charge is 0.323 e. The summed E-state index contributed by atoms with van der Waals surface area (Å²) < 4.78 is 1.23. The molecule has 0 saturated carbocycles. The third-order valence-corrected chi connectivity index (χ3v) is 6.24. The summed E-state index contributed by atoms with van der Waals surface area (Å²) in [4.78, 5) is 58.7. The summed E-state index contributed by atoms with van der Waals surface area (Å²) in [6.45, 7) is 1.36. The molecular weight excluding hydrogens is 699 g/mol. The van der Waals surface area contributed by atoms with E-state index in [0.717, 1.165) is 4.90 Å². The summed E-state index contributed by atoms with van der Waals surface area (Å²) >= 11 is 5.64. The minimum atomic E-state index is -1.29. The largest absolute Gasteiger partial charge is 0.480 e. The van der Waals surface area contributed by atoms with Crippen LogP contribution in [0.25, 0.3) is 0 Å². The summed E-state index contributed by atoms with van der Waals surface area (Å²) in [6, 6.07) is 0. The van der Waals surface area contributed by atoms with Crippen LogP contribution in [0, 0.1) is 10.7 Å². The van der Waals surface area contributed by atoms with E-state index in [0.29, 0.717) is 22.1 Å². The summed E-state index contributed by atoms with van der Waals surface area (Å²) in [5.74, 6) is -2.80. The Morgan fingerprint density at radius 3 is 1.74 bits per heavy atom. The number of halogens is 3. The third-order valence-electron chi connectivity index (χ3n) is 3.00. The molecule has 0 saturated heterocycles. The Hall–Kier alpha value is -1.04. The lowest BCUT2D eigenvalue weighted by Gasteiger charge is -2.23. The number of nitrogens with zero attached hydrogens (tertiary/aromatic N) is 1. The van der Waals surface area contributed by atoms with Crippen LogP contribution < -0.4 is 10.6 Å². The number of hydrogen-bond acceptors (Lipinski definition) is 5. The number of aliphatic carboxylic acids is 1. The van der Waals surface area contributed by atoms with Gasteiger partial charge in [-0.05, 0) is 67.8 Å². The zero-order chi connectivity index (χ0) is 20.9. The van der Waals surface area contributed by atoms with Gasteiger partial charge in [-0.25, -0.2) is 0 Å². The molecule has 12 heteroatoms. The van der Waals surface area contributed by atoms with Crippen molar-refractivity contribution in [2.75, 3.05) is 23.7 Å². The molecule has 1 aromatic carbocycles. The molecule has 27 heavy (non-hydrogen) atoms. The predicted octanol–water partition coefficient (Wildman–Crippen LogP) is 2.05. The van der Waals surface area contributed by atoms with Crippen molar-refractivity contribution in [2.45, 2.75) is 13.8 Å². The molecule has 1 radical (unpaired) electrons. The van der Waals surface area contributed by atoms with Crippen LogP contribution in [0.2, 0.25) is 0 Å². The van der Waals surface area contributed by atoms with Gasteiger partial charge in [0, 0.05) is 13.8 Å². The molecule has 0 aliphatic carbocycles. The quantitative estimate of drug-likeness (QED) is 0.371. The van der Waals surface area contributed by atoms with Crippen LogP contribution in [0.1, 0.15) is 24.2 Å². The summed E-state index contributed by atoms with van der Waals surface area (Å²) in [6.07, 6.45) is 1.51. The van der Waals surface area contributed by atoms with Gasteiger partial charge in [0.25, 0.3) is 5.91 Å². The molecule has 0 aliphatic rings. The number of rotatable bonds is 7. The number of carboxylic acid groups (broad SMARTS) is 1. The second-order valence-corrected chi connectivity index (χ2v) is 8.36. The van der Waals surface area contributed by atoms with Crippen molar-refractivity contribution in [1.29, 1.82) is 0 Å². The maximum atomic E-state index is 12.9.